The summed E-state index contributed by atoms with van der Waals surface area (Å²) in [4.78, 5) is 25.6. The number of benzene rings is 9. The second-order valence-corrected chi connectivity index (χ2v) is 27.1. The SMILES string of the molecule is C[P+](c1ccccc1)(c1ccccc1)c1ccccc1.C[P+](c1ccccc1)(c1ccccc1)c1ccccc1.C[P+](c1ccccc1)(c1ccccc1)c1ccccc1.O=P([O-])([O-])[O-]. The van der Waals surface area contributed by atoms with E-state index in [9.17, 15) is 0 Å². The van der Waals surface area contributed by atoms with Gasteiger partial charge in [0.15, 0.2) is 0 Å². The lowest BCUT2D eigenvalue weighted by Gasteiger charge is -2.36. The molecule has 0 bridgehead atoms. The number of rotatable bonds is 9. The first-order valence-electron chi connectivity index (χ1n) is 21.3. The zero-order chi connectivity index (χ0) is 46.0. The average Bonchev–Trinajstić information content (AvgIpc) is 3.38. The second kappa shape index (κ2) is 23.5. The van der Waals surface area contributed by atoms with Gasteiger partial charge in [-0.3, -0.25) is 0 Å². The molecule has 9 aromatic carbocycles. The maximum Gasteiger partial charge on any atom is 0.109 e. The molecule has 65 heavy (non-hydrogen) atoms. The zero-order valence-corrected chi connectivity index (χ0v) is 40.5. The summed E-state index contributed by atoms with van der Waals surface area (Å²) in [7, 11) is -9.97. The van der Waals surface area contributed by atoms with E-state index in [1.165, 1.54) is 47.7 Å². The van der Waals surface area contributed by atoms with Crippen molar-refractivity contribution in [3.63, 3.8) is 0 Å². The highest BCUT2D eigenvalue weighted by molar-refractivity contribution is 7.96. The lowest BCUT2D eigenvalue weighted by atomic mass is 10.4. The van der Waals surface area contributed by atoms with Crippen LogP contribution in [0.25, 0.3) is 0 Å². The van der Waals surface area contributed by atoms with E-state index in [0.29, 0.717) is 0 Å². The van der Waals surface area contributed by atoms with Crippen LogP contribution in [0.15, 0.2) is 273 Å². The van der Waals surface area contributed by atoms with Gasteiger partial charge in [0.05, 0.1) is 20.0 Å². The fraction of sp³-hybridized carbons (Fsp3) is 0.0526. The first kappa shape index (κ1) is 48.8. The first-order valence-corrected chi connectivity index (χ1v) is 29.4. The van der Waals surface area contributed by atoms with Crippen molar-refractivity contribution in [2.75, 3.05) is 20.0 Å². The van der Waals surface area contributed by atoms with Gasteiger partial charge in [-0.25, -0.2) is 0 Å². The van der Waals surface area contributed by atoms with Gasteiger partial charge in [0.1, 0.15) is 69.5 Å². The molecule has 0 saturated carbocycles. The standard InChI is InChI=1S/3C19H18P.H3O4P/c3*1-20(17-11-5-2-6-12-17,18-13-7-3-8-14-18)19-15-9-4-10-16-19;1-5(2,3)4/h3*2-16H,1H3;(H3,1,2,3,4)/q3*+1;/p-3. The quantitative estimate of drug-likeness (QED) is 0.138. The van der Waals surface area contributed by atoms with Gasteiger partial charge in [0.2, 0.25) is 0 Å². The highest BCUT2D eigenvalue weighted by Gasteiger charge is 2.41. The van der Waals surface area contributed by atoms with Gasteiger partial charge in [0.25, 0.3) is 0 Å². The number of phosphoric acid groups is 1. The first-order chi connectivity index (χ1) is 31.4. The van der Waals surface area contributed by atoms with Crippen LogP contribution in [0.4, 0.5) is 0 Å². The molecule has 0 fully saturated rings. The molecule has 0 amide bonds. The predicted octanol–water partition coefficient (Wildman–Crippen LogP) is 8.01. The van der Waals surface area contributed by atoms with Gasteiger partial charge in [-0.1, -0.05) is 164 Å². The molecule has 0 aliphatic carbocycles. The molecule has 8 heteroatoms. The Labute approximate surface area is 387 Å². The molecule has 0 heterocycles. The van der Waals surface area contributed by atoms with Crippen molar-refractivity contribution >= 4 is 77.4 Å². The Morgan fingerprint density at radius 2 is 0.308 bits per heavy atom. The van der Waals surface area contributed by atoms with E-state index in [0.717, 1.165) is 0 Å². The molecule has 9 rings (SSSR count). The molecule has 0 aliphatic heterocycles. The van der Waals surface area contributed by atoms with Gasteiger partial charge in [0, 0.05) is 0 Å². The molecule has 0 aromatic heterocycles. The predicted molar refractivity (Wildman–Crippen MR) is 281 cm³/mol. The summed E-state index contributed by atoms with van der Waals surface area (Å²) in [6.07, 6.45) is 0. The summed E-state index contributed by atoms with van der Waals surface area (Å²) in [6, 6.07) is 97.9. The third-order valence-corrected chi connectivity index (χ3v) is 23.4. The van der Waals surface area contributed by atoms with Crippen LogP contribution >= 0.6 is 29.6 Å². The van der Waals surface area contributed by atoms with Crippen molar-refractivity contribution in [3.05, 3.63) is 273 Å². The minimum Gasteiger partial charge on any atom is -0.822 e. The summed E-state index contributed by atoms with van der Waals surface area (Å²) < 4.78 is 8.55. The van der Waals surface area contributed by atoms with E-state index in [1.54, 1.807) is 0 Å². The molecular formula is C57H54O4P4. The molecular weight excluding hydrogens is 873 g/mol. The van der Waals surface area contributed by atoms with E-state index < -0.39 is 29.6 Å². The van der Waals surface area contributed by atoms with Crippen molar-refractivity contribution in [1.82, 2.24) is 0 Å². The maximum absolute atomic E-state index is 8.55. The lowest BCUT2D eigenvalue weighted by molar-refractivity contribution is -0.432. The van der Waals surface area contributed by atoms with E-state index in [1.807, 2.05) is 0 Å². The van der Waals surface area contributed by atoms with Gasteiger partial charge in [-0.05, 0) is 109 Å². The Bertz CT molecular complexity index is 2170. The average molecular weight is 927 g/mol. The molecule has 0 spiro atoms. The van der Waals surface area contributed by atoms with E-state index in [-0.39, 0.29) is 0 Å². The van der Waals surface area contributed by atoms with Crippen LogP contribution in [-0.4, -0.2) is 20.0 Å². The highest BCUT2D eigenvalue weighted by Crippen LogP contribution is 2.53. The summed E-state index contributed by atoms with van der Waals surface area (Å²) >= 11 is 0. The van der Waals surface area contributed by atoms with Crippen molar-refractivity contribution < 1.29 is 19.2 Å². The second-order valence-electron chi connectivity index (χ2n) is 15.5. The van der Waals surface area contributed by atoms with Crippen LogP contribution in [0, 0.1) is 0 Å². The summed E-state index contributed by atoms with van der Waals surface area (Å²) in [5.74, 6) is 0. The molecule has 326 valence electrons. The summed E-state index contributed by atoms with van der Waals surface area (Å²) in [6.45, 7) is 7.23. The van der Waals surface area contributed by atoms with Gasteiger partial charge >= 0.3 is 0 Å². The van der Waals surface area contributed by atoms with Crippen LogP contribution in [0.5, 0.6) is 0 Å². The molecule has 0 atom stereocenters. The smallest absolute Gasteiger partial charge is 0.109 e. The minimum absolute atomic E-state index is 1.43. The van der Waals surface area contributed by atoms with Crippen molar-refractivity contribution in [3.8, 4) is 0 Å². The van der Waals surface area contributed by atoms with Crippen LogP contribution in [0.1, 0.15) is 0 Å². The zero-order valence-electron chi connectivity index (χ0n) is 36.9. The monoisotopic (exact) mass is 926 g/mol. The van der Waals surface area contributed by atoms with Crippen molar-refractivity contribution in [2.45, 2.75) is 0 Å². The Hall–Kier alpha value is -5.62. The Morgan fingerprint density at radius 1 is 0.231 bits per heavy atom. The molecule has 0 aliphatic rings. The topological polar surface area (TPSA) is 86.2 Å². The number of hydrogen-bond acceptors (Lipinski definition) is 4. The Kier molecular flexibility index (Phi) is 17.7. The largest absolute Gasteiger partial charge is 0.822 e. The normalized spacial score (nSPS) is 11.3. The fourth-order valence-corrected chi connectivity index (χ4v) is 17.5. The summed E-state index contributed by atoms with van der Waals surface area (Å²) in [5, 5.41) is 12.9. The molecule has 0 unspecified atom stereocenters. The minimum atomic E-state index is -5.39. The number of hydrogen-bond donors (Lipinski definition) is 0. The van der Waals surface area contributed by atoms with Crippen LogP contribution in [-0.2, 0) is 4.57 Å². The van der Waals surface area contributed by atoms with E-state index >= 15 is 0 Å². The molecule has 0 N–H and O–H groups in total. The van der Waals surface area contributed by atoms with E-state index in [4.69, 9.17) is 19.2 Å². The van der Waals surface area contributed by atoms with Crippen molar-refractivity contribution in [2.24, 2.45) is 0 Å². The molecule has 0 saturated heterocycles. The van der Waals surface area contributed by atoms with Gasteiger partial charge in [-0.2, -0.15) is 7.82 Å². The lowest BCUT2D eigenvalue weighted by Crippen LogP contribution is -2.30. The van der Waals surface area contributed by atoms with E-state index in [2.05, 4.69) is 293 Å². The van der Waals surface area contributed by atoms with Gasteiger partial charge in [-0.15, -0.1) is 0 Å². The van der Waals surface area contributed by atoms with Gasteiger partial charge < -0.3 is 19.2 Å². The highest BCUT2D eigenvalue weighted by atomic mass is 31.2. The molecule has 9 aromatic rings. The molecule has 0 radical (unpaired) electrons. The third kappa shape index (κ3) is 12.8. The van der Waals surface area contributed by atoms with Crippen molar-refractivity contribution in [1.29, 1.82) is 0 Å². The Morgan fingerprint density at radius 3 is 0.385 bits per heavy atom. The summed E-state index contributed by atoms with van der Waals surface area (Å²) in [5.41, 5.74) is 0. The van der Waals surface area contributed by atoms with Crippen LogP contribution in [0.3, 0.4) is 0 Å². The Balaban J connectivity index is 0.000000153. The maximum atomic E-state index is 8.55. The third-order valence-electron chi connectivity index (χ3n) is 11.5. The fourth-order valence-electron chi connectivity index (χ4n) is 7.88. The molecule has 4 nitrogen and oxygen atoms in total. The van der Waals surface area contributed by atoms with Crippen LogP contribution < -0.4 is 62.4 Å². The van der Waals surface area contributed by atoms with Crippen LogP contribution in [0.2, 0.25) is 0 Å².